The second-order valence-corrected chi connectivity index (χ2v) is 6.35. The van der Waals surface area contributed by atoms with E-state index in [4.69, 9.17) is 0 Å². The SMILES string of the molecule is CC(C)C(C)(C)C1CC2CC(C2)C1. The lowest BCUT2D eigenvalue weighted by atomic mass is 9.54. The highest BCUT2D eigenvalue weighted by molar-refractivity contribution is 4.94. The van der Waals surface area contributed by atoms with Gasteiger partial charge in [0.1, 0.15) is 0 Å². The van der Waals surface area contributed by atoms with Gasteiger partial charge in [-0.2, -0.15) is 0 Å². The molecule has 0 nitrogen and oxygen atoms in total. The highest BCUT2D eigenvalue weighted by atomic mass is 14.5. The molecule has 76 valence electrons. The zero-order valence-corrected chi connectivity index (χ0v) is 9.64. The minimum Gasteiger partial charge on any atom is -0.0623 e. The Morgan fingerprint density at radius 2 is 1.38 bits per heavy atom. The fourth-order valence-corrected chi connectivity index (χ4v) is 3.24. The van der Waals surface area contributed by atoms with Gasteiger partial charge in [-0.25, -0.2) is 0 Å². The van der Waals surface area contributed by atoms with Crippen LogP contribution >= 0.6 is 0 Å². The molecule has 13 heavy (non-hydrogen) atoms. The van der Waals surface area contributed by atoms with Gasteiger partial charge in [0.15, 0.2) is 0 Å². The quantitative estimate of drug-likeness (QED) is 0.600. The maximum Gasteiger partial charge on any atom is -0.0303 e. The van der Waals surface area contributed by atoms with Crippen molar-refractivity contribution in [3.05, 3.63) is 0 Å². The van der Waals surface area contributed by atoms with Crippen LogP contribution in [0.1, 0.15) is 53.4 Å². The van der Waals surface area contributed by atoms with Crippen molar-refractivity contribution < 1.29 is 0 Å². The summed E-state index contributed by atoms with van der Waals surface area (Å²) in [7, 11) is 0. The third kappa shape index (κ3) is 1.53. The minimum atomic E-state index is 0.581. The Morgan fingerprint density at radius 3 is 1.77 bits per heavy atom. The molecule has 0 saturated heterocycles. The predicted molar refractivity (Wildman–Crippen MR) is 57.6 cm³/mol. The second kappa shape index (κ2) is 3.00. The Balaban J connectivity index is 2.00. The summed E-state index contributed by atoms with van der Waals surface area (Å²) in [6, 6.07) is 0. The first-order valence-corrected chi connectivity index (χ1v) is 6.00. The van der Waals surface area contributed by atoms with Gasteiger partial charge in [0.25, 0.3) is 0 Å². The topological polar surface area (TPSA) is 0 Å². The van der Waals surface area contributed by atoms with Gasteiger partial charge in [-0.15, -0.1) is 0 Å². The smallest absolute Gasteiger partial charge is 0.0303 e. The van der Waals surface area contributed by atoms with E-state index in [0.29, 0.717) is 5.41 Å². The van der Waals surface area contributed by atoms with Crippen molar-refractivity contribution in [3.63, 3.8) is 0 Å². The molecule has 3 fully saturated rings. The van der Waals surface area contributed by atoms with E-state index in [1.165, 1.54) is 12.8 Å². The van der Waals surface area contributed by atoms with E-state index >= 15 is 0 Å². The van der Waals surface area contributed by atoms with Crippen LogP contribution < -0.4 is 0 Å². The van der Waals surface area contributed by atoms with Gasteiger partial charge in [-0.05, 0) is 54.8 Å². The van der Waals surface area contributed by atoms with E-state index in [2.05, 4.69) is 27.7 Å². The Hall–Kier alpha value is 0. The van der Waals surface area contributed by atoms with E-state index in [0.717, 1.165) is 23.7 Å². The summed E-state index contributed by atoms with van der Waals surface area (Å²) in [5.41, 5.74) is 0.581. The summed E-state index contributed by atoms with van der Waals surface area (Å²) in [5, 5.41) is 0. The van der Waals surface area contributed by atoms with Crippen LogP contribution in [0, 0.1) is 29.1 Å². The minimum absolute atomic E-state index is 0.581. The van der Waals surface area contributed by atoms with Gasteiger partial charge in [-0.3, -0.25) is 0 Å². The Morgan fingerprint density at radius 1 is 0.923 bits per heavy atom. The van der Waals surface area contributed by atoms with Crippen LogP contribution in [0.2, 0.25) is 0 Å². The van der Waals surface area contributed by atoms with Crippen molar-refractivity contribution in [2.45, 2.75) is 53.4 Å². The van der Waals surface area contributed by atoms with Gasteiger partial charge in [0.2, 0.25) is 0 Å². The molecule has 0 spiro atoms. The highest BCUT2D eigenvalue weighted by Gasteiger charge is 2.44. The van der Waals surface area contributed by atoms with Crippen molar-refractivity contribution in [3.8, 4) is 0 Å². The number of rotatable bonds is 2. The number of hydrogen-bond donors (Lipinski definition) is 0. The van der Waals surface area contributed by atoms with Gasteiger partial charge >= 0.3 is 0 Å². The fraction of sp³-hybridized carbons (Fsp3) is 1.00. The summed E-state index contributed by atoms with van der Waals surface area (Å²) < 4.78 is 0. The van der Waals surface area contributed by atoms with Crippen LogP contribution in [0.4, 0.5) is 0 Å². The molecular weight excluding hydrogens is 156 g/mol. The maximum atomic E-state index is 2.48. The Kier molecular flexibility index (Phi) is 2.20. The van der Waals surface area contributed by atoms with Crippen LogP contribution in [0.3, 0.4) is 0 Å². The first-order chi connectivity index (χ1) is 6.00. The maximum absolute atomic E-state index is 2.48. The number of hydrogen-bond acceptors (Lipinski definition) is 0. The second-order valence-electron chi connectivity index (χ2n) is 6.35. The van der Waals surface area contributed by atoms with E-state index in [-0.39, 0.29) is 0 Å². The van der Waals surface area contributed by atoms with Crippen molar-refractivity contribution in [1.29, 1.82) is 0 Å². The molecule has 0 aromatic heterocycles. The highest BCUT2D eigenvalue weighted by Crippen LogP contribution is 2.54. The first kappa shape index (κ1) is 9.55. The summed E-state index contributed by atoms with van der Waals surface area (Å²) in [5.74, 6) is 4.09. The van der Waals surface area contributed by atoms with Crippen LogP contribution in [0.5, 0.6) is 0 Å². The zero-order chi connectivity index (χ0) is 9.64. The fourth-order valence-electron chi connectivity index (χ4n) is 3.24. The molecule has 0 N–H and O–H groups in total. The zero-order valence-electron chi connectivity index (χ0n) is 9.64. The largest absolute Gasteiger partial charge is 0.0623 e. The van der Waals surface area contributed by atoms with Crippen LogP contribution in [-0.2, 0) is 0 Å². The van der Waals surface area contributed by atoms with E-state index in [1.54, 1.807) is 12.8 Å². The average Bonchev–Trinajstić information content (AvgIpc) is 2.03. The molecule has 3 aliphatic rings. The molecule has 3 aliphatic carbocycles. The third-order valence-electron chi connectivity index (χ3n) is 5.11. The molecule has 3 saturated carbocycles. The molecule has 0 atom stereocenters. The summed E-state index contributed by atoms with van der Waals surface area (Å²) in [6.07, 6.45) is 6.18. The van der Waals surface area contributed by atoms with Gasteiger partial charge in [0, 0.05) is 0 Å². The molecule has 2 bridgehead atoms. The number of fused-ring (bicyclic) bond motifs is 2. The van der Waals surface area contributed by atoms with E-state index < -0.39 is 0 Å². The predicted octanol–water partition coefficient (Wildman–Crippen LogP) is 4.10. The molecule has 0 heterocycles. The molecule has 0 heteroatoms. The monoisotopic (exact) mass is 180 g/mol. The van der Waals surface area contributed by atoms with Crippen LogP contribution in [0.15, 0.2) is 0 Å². The van der Waals surface area contributed by atoms with Crippen molar-refractivity contribution >= 4 is 0 Å². The van der Waals surface area contributed by atoms with E-state index in [9.17, 15) is 0 Å². The summed E-state index contributed by atoms with van der Waals surface area (Å²) in [4.78, 5) is 0. The summed E-state index contributed by atoms with van der Waals surface area (Å²) in [6.45, 7) is 9.74. The third-order valence-corrected chi connectivity index (χ3v) is 5.11. The lowest BCUT2D eigenvalue weighted by Crippen LogP contribution is -2.41. The van der Waals surface area contributed by atoms with Crippen LogP contribution in [-0.4, -0.2) is 0 Å². The molecule has 0 aromatic rings. The van der Waals surface area contributed by atoms with E-state index in [1.807, 2.05) is 0 Å². The lowest BCUT2D eigenvalue weighted by Gasteiger charge is -2.51. The molecule has 0 amide bonds. The van der Waals surface area contributed by atoms with Crippen LogP contribution in [0.25, 0.3) is 0 Å². The van der Waals surface area contributed by atoms with Crippen molar-refractivity contribution in [2.24, 2.45) is 29.1 Å². The van der Waals surface area contributed by atoms with Crippen molar-refractivity contribution in [1.82, 2.24) is 0 Å². The lowest BCUT2D eigenvalue weighted by molar-refractivity contribution is -0.0106. The van der Waals surface area contributed by atoms with Gasteiger partial charge in [0.05, 0.1) is 0 Å². The standard InChI is InChI=1S/C13H24/c1-9(2)13(3,4)12-7-10-5-11(6-10)8-12/h9-12H,5-8H2,1-4H3. The Labute approximate surface area is 83.1 Å². The molecular formula is C13H24. The average molecular weight is 180 g/mol. The molecule has 3 rings (SSSR count). The molecule has 0 aromatic carbocycles. The molecule has 0 aliphatic heterocycles. The molecule has 0 radical (unpaired) electrons. The molecule has 0 unspecified atom stereocenters. The van der Waals surface area contributed by atoms with Gasteiger partial charge in [-0.1, -0.05) is 27.7 Å². The summed E-state index contributed by atoms with van der Waals surface area (Å²) >= 11 is 0. The van der Waals surface area contributed by atoms with Gasteiger partial charge < -0.3 is 0 Å². The first-order valence-electron chi connectivity index (χ1n) is 6.00. The Bertz CT molecular complexity index is 174. The normalized spacial score (nSPS) is 39.0. The van der Waals surface area contributed by atoms with Crippen molar-refractivity contribution in [2.75, 3.05) is 0 Å².